The summed E-state index contributed by atoms with van der Waals surface area (Å²) in [6, 6.07) is 0.545. The van der Waals surface area contributed by atoms with Crippen molar-refractivity contribution in [2.24, 2.45) is 0 Å². The molecule has 2 rings (SSSR count). The SMILES string of the molecule is CNCc1nnn(C2CCCCC2)c1CCOC. The maximum Gasteiger partial charge on any atom is 0.0997 e. The van der Waals surface area contributed by atoms with E-state index in [0.717, 1.165) is 25.3 Å². The number of nitrogens with one attached hydrogen (secondary N) is 1. The summed E-state index contributed by atoms with van der Waals surface area (Å²) < 4.78 is 7.36. The van der Waals surface area contributed by atoms with Crippen molar-refractivity contribution >= 4 is 0 Å². The van der Waals surface area contributed by atoms with Gasteiger partial charge < -0.3 is 10.1 Å². The number of aromatic nitrogens is 3. The van der Waals surface area contributed by atoms with Crippen molar-refractivity contribution in [2.75, 3.05) is 20.8 Å². The van der Waals surface area contributed by atoms with Gasteiger partial charge in [0, 0.05) is 20.1 Å². The quantitative estimate of drug-likeness (QED) is 0.837. The summed E-state index contributed by atoms with van der Waals surface area (Å²) in [5, 5.41) is 11.9. The van der Waals surface area contributed by atoms with Gasteiger partial charge in [-0.1, -0.05) is 24.5 Å². The normalized spacial score (nSPS) is 17.2. The topological polar surface area (TPSA) is 52.0 Å². The minimum absolute atomic E-state index is 0.545. The molecular weight excluding hydrogens is 228 g/mol. The number of methoxy groups -OCH3 is 1. The summed E-state index contributed by atoms with van der Waals surface area (Å²) >= 11 is 0. The Labute approximate surface area is 109 Å². The molecule has 5 heteroatoms. The minimum atomic E-state index is 0.545. The lowest BCUT2D eigenvalue weighted by molar-refractivity contribution is 0.198. The predicted octanol–water partition coefficient (Wildman–Crippen LogP) is 1.69. The molecule has 1 aliphatic carbocycles. The molecule has 0 spiro atoms. The molecule has 0 aromatic carbocycles. The monoisotopic (exact) mass is 252 g/mol. The molecule has 1 aromatic rings. The van der Waals surface area contributed by atoms with Crippen LogP contribution in [-0.4, -0.2) is 35.8 Å². The molecule has 0 saturated heterocycles. The second-order valence-corrected chi connectivity index (χ2v) is 4.99. The van der Waals surface area contributed by atoms with Crippen LogP contribution in [0.5, 0.6) is 0 Å². The fourth-order valence-corrected chi connectivity index (χ4v) is 2.73. The van der Waals surface area contributed by atoms with Crippen molar-refractivity contribution in [1.82, 2.24) is 20.3 Å². The summed E-state index contributed by atoms with van der Waals surface area (Å²) in [5.41, 5.74) is 2.32. The standard InChI is InChI=1S/C13H24N4O/c1-14-10-12-13(8-9-18-2)17(16-15-12)11-6-4-3-5-7-11/h11,14H,3-10H2,1-2H3. The van der Waals surface area contributed by atoms with Crippen LogP contribution in [0.1, 0.15) is 49.5 Å². The molecular formula is C13H24N4O. The van der Waals surface area contributed by atoms with Gasteiger partial charge in [-0.05, 0) is 19.9 Å². The fraction of sp³-hybridized carbons (Fsp3) is 0.846. The summed E-state index contributed by atoms with van der Waals surface area (Å²) in [7, 11) is 3.69. The predicted molar refractivity (Wildman–Crippen MR) is 70.5 cm³/mol. The van der Waals surface area contributed by atoms with Crippen molar-refractivity contribution < 1.29 is 4.74 Å². The Bertz CT molecular complexity index is 358. The largest absolute Gasteiger partial charge is 0.384 e. The summed E-state index contributed by atoms with van der Waals surface area (Å²) in [5.74, 6) is 0. The molecule has 1 fully saturated rings. The van der Waals surface area contributed by atoms with Gasteiger partial charge in [0.25, 0.3) is 0 Å². The molecule has 1 N–H and O–H groups in total. The van der Waals surface area contributed by atoms with E-state index >= 15 is 0 Å². The van der Waals surface area contributed by atoms with Crippen LogP contribution in [0.2, 0.25) is 0 Å². The fourth-order valence-electron chi connectivity index (χ4n) is 2.73. The van der Waals surface area contributed by atoms with E-state index in [0.29, 0.717) is 6.04 Å². The van der Waals surface area contributed by atoms with E-state index < -0.39 is 0 Å². The van der Waals surface area contributed by atoms with Crippen molar-refractivity contribution in [1.29, 1.82) is 0 Å². The number of hydrogen-bond acceptors (Lipinski definition) is 4. The highest BCUT2D eigenvalue weighted by Crippen LogP contribution is 2.29. The number of rotatable bonds is 6. The zero-order valence-electron chi connectivity index (χ0n) is 11.5. The van der Waals surface area contributed by atoms with Crippen LogP contribution in [0.15, 0.2) is 0 Å². The van der Waals surface area contributed by atoms with Gasteiger partial charge in [-0.3, -0.25) is 0 Å². The van der Waals surface area contributed by atoms with Crippen LogP contribution < -0.4 is 5.32 Å². The van der Waals surface area contributed by atoms with E-state index in [1.54, 1.807) is 7.11 Å². The van der Waals surface area contributed by atoms with Crippen molar-refractivity contribution in [3.8, 4) is 0 Å². The third-order valence-electron chi connectivity index (χ3n) is 3.68. The van der Waals surface area contributed by atoms with Gasteiger partial charge in [0.05, 0.1) is 24.0 Å². The van der Waals surface area contributed by atoms with Gasteiger partial charge in [-0.2, -0.15) is 0 Å². The minimum Gasteiger partial charge on any atom is -0.384 e. The molecule has 0 unspecified atom stereocenters. The molecule has 0 radical (unpaired) electrons. The lowest BCUT2D eigenvalue weighted by atomic mass is 9.95. The Hall–Kier alpha value is -0.940. The Morgan fingerprint density at radius 1 is 1.33 bits per heavy atom. The highest BCUT2D eigenvalue weighted by molar-refractivity contribution is 5.11. The molecule has 0 aliphatic heterocycles. The molecule has 0 bridgehead atoms. The van der Waals surface area contributed by atoms with Crippen LogP contribution >= 0.6 is 0 Å². The smallest absolute Gasteiger partial charge is 0.0997 e. The maximum atomic E-state index is 5.20. The molecule has 1 heterocycles. The Kier molecular flexibility index (Phi) is 5.13. The molecule has 1 aliphatic rings. The van der Waals surface area contributed by atoms with Crippen molar-refractivity contribution in [3.63, 3.8) is 0 Å². The first-order chi connectivity index (χ1) is 8.86. The van der Waals surface area contributed by atoms with E-state index in [-0.39, 0.29) is 0 Å². The molecule has 0 atom stereocenters. The number of nitrogens with zero attached hydrogens (tertiary/aromatic N) is 3. The molecule has 1 aromatic heterocycles. The first-order valence-corrected chi connectivity index (χ1v) is 6.93. The Balaban J connectivity index is 2.16. The van der Waals surface area contributed by atoms with Gasteiger partial charge >= 0.3 is 0 Å². The molecule has 5 nitrogen and oxygen atoms in total. The Morgan fingerprint density at radius 3 is 2.78 bits per heavy atom. The zero-order chi connectivity index (χ0) is 12.8. The molecule has 1 saturated carbocycles. The van der Waals surface area contributed by atoms with Crippen LogP contribution in [0, 0.1) is 0 Å². The van der Waals surface area contributed by atoms with E-state index in [1.165, 1.54) is 37.8 Å². The van der Waals surface area contributed by atoms with Crippen molar-refractivity contribution in [3.05, 3.63) is 11.4 Å². The third-order valence-corrected chi connectivity index (χ3v) is 3.68. The summed E-state index contributed by atoms with van der Waals surface area (Å²) in [6.07, 6.45) is 7.37. The van der Waals surface area contributed by atoms with E-state index in [4.69, 9.17) is 4.74 Å². The summed E-state index contributed by atoms with van der Waals surface area (Å²) in [4.78, 5) is 0. The van der Waals surface area contributed by atoms with Crippen LogP contribution in [0.3, 0.4) is 0 Å². The second-order valence-electron chi connectivity index (χ2n) is 4.99. The second kappa shape index (κ2) is 6.85. The molecule has 0 amide bonds. The lowest BCUT2D eigenvalue weighted by Gasteiger charge is -2.23. The van der Waals surface area contributed by atoms with E-state index in [1.807, 2.05) is 7.05 Å². The van der Waals surface area contributed by atoms with Crippen LogP contribution in [0.4, 0.5) is 0 Å². The third kappa shape index (κ3) is 3.09. The maximum absolute atomic E-state index is 5.20. The van der Waals surface area contributed by atoms with E-state index in [9.17, 15) is 0 Å². The zero-order valence-corrected chi connectivity index (χ0v) is 11.5. The number of hydrogen-bond donors (Lipinski definition) is 1. The highest BCUT2D eigenvalue weighted by atomic mass is 16.5. The van der Waals surface area contributed by atoms with Gasteiger partial charge in [-0.15, -0.1) is 5.10 Å². The first-order valence-electron chi connectivity index (χ1n) is 6.93. The van der Waals surface area contributed by atoms with Crippen molar-refractivity contribution in [2.45, 2.75) is 51.1 Å². The molecule has 102 valence electrons. The first kappa shape index (κ1) is 13.5. The van der Waals surface area contributed by atoms with Crippen LogP contribution in [0.25, 0.3) is 0 Å². The van der Waals surface area contributed by atoms with Crippen LogP contribution in [-0.2, 0) is 17.7 Å². The average molecular weight is 252 g/mol. The average Bonchev–Trinajstić information content (AvgIpc) is 2.81. The van der Waals surface area contributed by atoms with Gasteiger partial charge in [0.2, 0.25) is 0 Å². The van der Waals surface area contributed by atoms with Gasteiger partial charge in [0.15, 0.2) is 0 Å². The summed E-state index contributed by atoms with van der Waals surface area (Å²) in [6.45, 7) is 1.52. The Morgan fingerprint density at radius 2 is 2.11 bits per heavy atom. The van der Waals surface area contributed by atoms with Gasteiger partial charge in [0.1, 0.15) is 0 Å². The highest BCUT2D eigenvalue weighted by Gasteiger charge is 2.21. The molecule has 18 heavy (non-hydrogen) atoms. The van der Waals surface area contributed by atoms with E-state index in [2.05, 4.69) is 20.3 Å². The lowest BCUT2D eigenvalue weighted by Crippen LogP contribution is -2.18. The van der Waals surface area contributed by atoms with Gasteiger partial charge in [-0.25, -0.2) is 4.68 Å². The number of ether oxygens (including phenoxy) is 1.